The summed E-state index contributed by atoms with van der Waals surface area (Å²) in [6.07, 6.45) is 0.364. The van der Waals surface area contributed by atoms with Gasteiger partial charge in [-0.05, 0) is 48.1 Å². The molecule has 0 bridgehead atoms. The number of fused-ring (bicyclic) bond motifs is 1. The van der Waals surface area contributed by atoms with Gasteiger partial charge >= 0.3 is 0 Å². The molecule has 7 nitrogen and oxygen atoms in total. The fraction of sp³-hybridized carbons (Fsp3) is 0.318. The number of rotatable bonds is 5. The van der Waals surface area contributed by atoms with Crippen molar-refractivity contribution in [3.05, 3.63) is 58.9 Å². The molecule has 1 aliphatic heterocycles. The minimum Gasteiger partial charge on any atom is -0.497 e. The normalized spacial score (nSPS) is 13.7. The van der Waals surface area contributed by atoms with Gasteiger partial charge in [-0.3, -0.25) is 14.5 Å². The average Bonchev–Trinajstić information content (AvgIpc) is 3.05. The van der Waals surface area contributed by atoms with E-state index < -0.39 is 0 Å². The van der Waals surface area contributed by atoms with Crippen LogP contribution >= 0.6 is 12.2 Å². The van der Waals surface area contributed by atoms with E-state index in [2.05, 4.69) is 34.3 Å². The molecule has 3 aromatic rings. The van der Waals surface area contributed by atoms with Gasteiger partial charge in [0.05, 0.1) is 7.11 Å². The number of carbonyl (C=O) groups is 1. The lowest BCUT2D eigenvalue weighted by Crippen LogP contribution is -2.34. The number of benzene rings is 2. The first-order valence-corrected chi connectivity index (χ1v) is 10.3. The Balaban J connectivity index is 1.48. The number of nitrogens with one attached hydrogen (secondary N) is 1. The number of likely N-dealkylation sites (N-methyl/N-ethyl adjacent to an activating group) is 1. The zero-order valence-electron chi connectivity index (χ0n) is 17.2. The number of nitrogens with zero attached hydrogens (tertiary/aromatic N) is 4. The maximum atomic E-state index is 13.0. The van der Waals surface area contributed by atoms with E-state index in [0.29, 0.717) is 30.8 Å². The van der Waals surface area contributed by atoms with Gasteiger partial charge in [0.1, 0.15) is 5.75 Å². The van der Waals surface area contributed by atoms with Crippen LogP contribution in [0.1, 0.15) is 12.0 Å². The Morgan fingerprint density at radius 1 is 1.17 bits per heavy atom. The van der Waals surface area contributed by atoms with Crippen molar-refractivity contribution in [1.29, 1.82) is 0 Å². The second-order valence-electron chi connectivity index (χ2n) is 7.35. The Morgan fingerprint density at radius 2 is 1.93 bits per heavy atom. The van der Waals surface area contributed by atoms with Crippen LogP contribution in [0.2, 0.25) is 0 Å². The van der Waals surface area contributed by atoms with Gasteiger partial charge < -0.3 is 14.5 Å². The molecule has 2 aromatic carbocycles. The quantitative estimate of drug-likeness (QED) is 0.637. The summed E-state index contributed by atoms with van der Waals surface area (Å²) in [5.41, 5.74) is 3.28. The first kappa shape index (κ1) is 20.2. The SMILES string of the molecule is COc1ccc(-c2n[nH]c(=S)n2CCC(=O)N2CCN(C)c3ccccc3C2)cc1. The summed E-state index contributed by atoms with van der Waals surface area (Å²) in [6.45, 7) is 2.61. The van der Waals surface area contributed by atoms with E-state index in [1.807, 2.05) is 45.9 Å². The topological polar surface area (TPSA) is 66.4 Å². The molecule has 0 spiro atoms. The highest BCUT2D eigenvalue weighted by atomic mass is 32.1. The van der Waals surface area contributed by atoms with Gasteiger partial charge in [0.15, 0.2) is 10.6 Å². The maximum absolute atomic E-state index is 13.0. The number of aromatic amines is 1. The van der Waals surface area contributed by atoms with Gasteiger partial charge in [0.25, 0.3) is 0 Å². The molecule has 0 radical (unpaired) electrons. The van der Waals surface area contributed by atoms with E-state index in [1.165, 1.54) is 11.3 Å². The number of amides is 1. The van der Waals surface area contributed by atoms with Crippen LogP contribution in [0.5, 0.6) is 5.75 Å². The second-order valence-corrected chi connectivity index (χ2v) is 7.73. The number of anilines is 1. The van der Waals surface area contributed by atoms with Gasteiger partial charge in [-0.2, -0.15) is 5.10 Å². The molecule has 1 amide bonds. The fourth-order valence-corrected chi connectivity index (χ4v) is 3.98. The second kappa shape index (κ2) is 8.71. The first-order chi connectivity index (χ1) is 14.6. The van der Waals surface area contributed by atoms with Gasteiger partial charge in [0, 0.05) is 50.9 Å². The first-order valence-electron chi connectivity index (χ1n) is 9.93. The molecule has 4 rings (SSSR count). The lowest BCUT2D eigenvalue weighted by molar-refractivity contribution is -0.131. The number of ether oxygens (including phenoxy) is 1. The Labute approximate surface area is 180 Å². The molecule has 0 atom stereocenters. The van der Waals surface area contributed by atoms with Gasteiger partial charge in [0.2, 0.25) is 5.91 Å². The van der Waals surface area contributed by atoms with Gasteiger partial charge in [-0.25, -0.2) is 0 Å². The number of aromatic nitrogens is 3. The minimum atomic E-state index is 0.115. The fourth-order valence-electron chi connectivity index (χ4n) is 3.76. The lowest BCUT2D eigenvalue weighted by Gasteiger charge is -2.21. The molecule has 1 N–H and O–H groups in total. The summed E-state index contributed by atoms with van der Waals surface area (Å²) in [6, 6.07) is 15.9. The van der Waals surface area contributed by atoms with E-state index >= 15 is 0 Å². The predicted molar refractivity (Wildman–Crippen MR) is 119 cm³/mol. The molecule has 156 valence electrons. The third-order valence-corrected chi connectivity index (χ3v) is 5.79. The van der Waals surface area contributed by atoms with Crippen molar-refractivity contribution in [2.75, 3.05) is 32.1 Å². The average molecular weight is 424 g/mol. The summed E-state index contributed by atoms with van der Waals surface area (Å²) in [7, 11) is 3.70. The predicted octanol–water partition coefficient (Wildman–Crippen LogP) is 3.48. The van der Waals surface area contributed by atoms with Crippen LogP contribution in [0.25, 0.3) is 11.4 Å². The molecule has 1 aromatic heterocycles. The molecular weight excluding hydrogens is 398 g/mol. The van der Waals surface area contributed by atoms with Crippen molar-refractivity contribution < 1.29 is 9.53 Å². The van der Waals surface area contributed by atoms with Gasteiger partial charge in [-0.1, -0.05) is 18.2 Å². The molecule has 0 aliphatic carbocycles. The van der Waals surface area contributed by atoms with Crippen LogP contribution < -0.4 is 9.64 Å². The molecular formula is C22H25N5O2S. The number of carbonyl (C=O) groups excluding carboxylic acids is 1. The van der Waals surface area contributed by atoms with E-state index in [0.717, 1.165) is 23.7 Å². The third-order valence-electron chi connectivity index (χ3n) is 5.48. The Bertz CT molecular complexity index is 1090. The smallest absolute Gasteiger partial charge is 0.224 e. The molecule has 0 saturated heterocycles. The number of hydrogen-bond acceptors (Lipinski definition) is 5. The molecule has 0 unspecified atom stereocenters. The summed E-state index contributed by atoms with van der Waals surface area (Å²) in [4.78, 5) is 17.2. The highest BCUT2D eigenvalue weighted by Gasteiger charge is 2.21. The summed E-state index contributed by atoms with van der Waals surface area (Å²) >= 11 is 5.41. The lowest BCUT2D eigenvalue weighted by atomic mass is 10.1. The van der Waals surface area contributed by atoms with Crippen molar-refractivity contribution in [3.63, 3.8) is 0 Å². The van der Waals surface area contributed by atoms with Crippen LogP contribution in [0.3, 0.4) is 0 Å². The summed E-state index contributed by atoms with van der Waals surface area (Å²) in [5.74, 6) is 1.61. The number of para-hydroxylation sites is 1. The molecule has 0 fully saturated rings. The number of H-pyrrole nitrogens is 1. The summed E-state index contributed by atoms with van der Waals surface area (Å²) in [5, 5.41) is 7.21. The Kier molecular flexibility index (Phi) is 5.85. The minimum absolute atomic E-state index is 0.115. The highest BCUT2D eigenvalue weighted by Crippen LogP contribution is 2.25. The molecule has 30 heavy (non-hydrogen) atoms. The molecule has 0 saturated carbocycles. The zero-order valence-corrected chi connectivity index (χ0v) is 18.0. The van der Waals surface area contributed by atoms with E-state index in [-0.39, 0.29) is 5.91 Å². The van der Waals surface area contributed by atoms with E-state index in [4.69, 9.17) is 17.0 Å². The monoisotopic (exact) mass is 423 g/mol. The van der Waals surface area contributed by atoms with Crippen molar-refractivity contribution in [2.45, 2.75) is 19.5 Å². The number of hydrogen-bond donors (Lipinski definition) is 1. The van der Waals surface area contributed by atoms with Crippen molar-refractivity contribution in [2.24, 2.45) is 0 Å². The van der Waals surface area contributed by atoms with E-state index in [1.54, 1.807) is 7.11 Å². The Morgan fingerprint density at radius 3 is 2.70 bits per heavy atom. The van der Waals surface area contributed by atoms with Gasteiger partial charge in [-0.15, -0.1) is 0 Å². The standard InChI is InChI=1S/C22H25N5O2S/c1-25-13-14-26(15-17-5-3-4-6-19(17)25)20(28)11-12-27-21(23-24-22(27)30)16-7-9-18(29-2)10-8-16/h3-10H,11-15H2,1-2H3,(H,24,30). The maximum Gasteiger partial charge on any atom is 0.224 e. The van der Waals surface area contributed by atoms with Crippen LogP contribution in [0.4, 0.5) is 5.69 Å². The van der Waals surface area contributed by atoms with Crippen molar-refractivity contribution in [3.8, 4) is 17.1 Å². The molecule has 8 heteroatoms. The van der Waals surface area contributed by atoms with E-state index in [9.17, 15) is 4.79 Å². The van der Waals surface area contributed by atoms with Crippen molar-refractivity contribution >= 4 is 23.8 Å². The third kappa shape index (κ3) is 4.09. The van der Waals surface area contributed by atoms with Crippen LogP contribution in [-0.4, -0.2) is 52.8 Å². The van der Waals surface area contributed by atoms with Crippen LogP contribution in [0.15, 0.2) is 48.5 Å². The van der Waals surface area contributed by atoms with Crippen molar-refractivity contribution in [1.82, 2.24) is 19.7 Å². The Hall–Kier alpha value is -3.13. The summed E-state index contributed by atoms with van der Waals surface area (Å²) < 4.78 is 7.61. The largest absolute Gasteiger partial charge is 0.497 e. The van der Waals surface area contributed by atoms with Crippen LogP contribution in [-0.2, 0) is 17.9 Å². The number of methoxy groups -OCH3 is 1. The van der Waals surface area contributed by atoms with Crippen LogP contribution in [0, 0.1) is 4.77 Å². The molecule has 2 heterocycles. The zero-order chi connectivity index (χ0) is 21.1. The highest BCUT2D eigenvalue weighted by molar-refractivity contribution is 7.71. The molecule has 1 aliphatic rings.